The first-order valence-electron chi connectivity index (χ1n) is 27.0. The van der Waals surface area contributed by atoms with Gasteiger partial charge < -0.3 is 67.2 Å². The van der Waals surface area contributed by atoms with E-state index in [0.717, 1.165) is 0 Å². The van der Waals surface area contributed by atoms with Gasteiger partial charge in [-0.25, -0.2) is 0 Å². The molecule has 0 saturated carbocycles. The number of hydrogen-bond donors (Lipinski definition) is 2. The molecule has 20 heteroatoms. The summed E-state index contributed by atoms with van der Waals surface area (Å²) in [5.41, 5.74) is -2.00. The molecule has 8 atom stereocenters. The van der Waals surface area contributed by atoms with Crippen LogP contribution in [0.4, 0.5) is 0 Å². The van der Waals surface area contributed by atoms with Crippen LogP contribution in [0.3, 0.4) is 0 Å². The van der Waals surface area contributed by atoms with Gasteiger partial charge >= 0.3 is 35.8 Å². The molecular formula is C56H96O20. The van der Waals surface area contributed by atoms with Crippen LogP contribution >= 0.6 is 0 Å². The lowest BCUT2D eigenvalue weighted by Gasteiger charge is -2.32. The lowest BCUT2D eigenvalue weighted by atomic mass is 9.73. The lowest BCUT2D eigenvalue weighted by molar-refractivity contribution is -0.156. The summed E-state index contributed by atoms with van der Waals surface area (Å²) in [7, 11) is 0. The van der Waals surface area contributed by atoms with Crippen molar-refractivity contribution < 1.29 is 95.9 Å². The summed E-state index contributed by atoms with van der Waals surface area (Å²) in [6.45, 7) is 24.2. The molecule has 1 fully saturated rings. The monoisotopic (exact) mass is 1090 g/mol. The Morgan fingerprint density at radius 2 is 0.632 bits per heavy atom. The highest BCUT2D eigenvalue weighted by atomic mass is 16.6. The van der Waals surface area contributed by atoms with Gasteiger partial charge in [0.25, 0.3) is 0 Å². The number of cyclic esters (lactones) is 4. The van der Waals surface area contributed by atoms with Crippen molar-refractivity contribution in [1.82, 2.24) is 0 Å². The normalized spacial score (nSPS) is 27.2. The molecule has 2 N–H and O–H groups in total. The largest absolute Gasteiger partial charge is 0.481 e. The minimum Gasteiger partial charge on any atom is -0.481 e. The van der Waals surface area contributed by atoms with Gasteiger partial charge in [-0.05, 0) is 73.0 Å². The van der Waals surface area contributed by atoms with Gasteiger partial charge in [-0.15, -0.1) is 0 Å². The molecule has 8 unspecified atom stereocenters. The number of hydrogen-bond acceptors (Lipinski definition) is 18. The third-order valence-corrected chi connectivity index (χ3v) is 12.9. The highest BCUT2D eigenvalue weighted by Gasteiger charge is 2.40. The summed E-state index contributed by atoms with van der Waals surface area (Å²) in [5.74, 6) is -11.4. The number of aliphatic carboxylic acids is 2. The first kappa shape index (κ1) is 69.9. The summed E-state index contributed by atoms with van der Waals surface area (Å²) < 4.78 is 55.6. The number of esters is 4. The predicted molar refractivity (Wildman–Crippen MR) is 279 cm³/mol. The Balaban J connectivity index is 3.13. The maximum absolute atomic E-state index is 13.4. The second kappa shape index (κ2) is 36.2. The van der Waals surface area contributed by atoms with Crippen molar-refractivity contribution in [3.05, 3.63) is 0 Å². The zero-order chi connectivity index (χ0) is 57.5. The Morgan fingerprint density at radius 1 is 0.395 bits per heavy atom. The predicted octanol–water partition coefficient (Wildman–Crippen LogP) is 7.07. The number of carboxylic acid groups (broad SMARTS) is 2. The van der Waals surface area contributed by atoms with Gasteiger partial charge in [0.1, 0.15) is 39.0 Å². The minimum atomic E-state index is -1.17. The molecule has 1 aliphatic rings. The number of ether oxygens (including phenoxy) is 10. The molecule has 1 heterocycles. The Labute approximate surface area is 452 Å². The Kier molecular flexibility index (Phi) is 33.3. The third kappa shape index (κ3) is 32.0. The van der Waals surface area contributed by atoms with Crippen LogP contribution < -0.4 is 0 Å². The van der Waals surface area contributed by atoms with Gasteiger partial charge in [-0.1, -0.05) is 83.1 Å². The van der Waals surface area contributed by atoms with Gasteiger partial charge in [-0.3, -0.25) is 28.8 Å². The van der Waals surface area contributed by atoms with E-state index in [9.17, 15) is 48.6 Å². The molecule has 0 bridgehead atoms. The van der Waals surface area contributed by atoms with Crippen molar-refractivity contribution in [2.24, 2.45) is 69.0 Å². The van der Waals surface area contributed by atoms with Crippen molar-refractivity contribution in [3.63, 3.8) is 0 Å². The fraction of sp³-hybridized carbons (Fsp3) is 0.857. The van der Waals surface area contributed by atoms with Crippen LogP contribution in [0.25, 0.3) is 0 Å². The SMILES string of the molecule is CC(C)(C)CC1CC(C(=O)O)CC(C=O)CC(C(C)(C)C)C(=O)OCCOCCOCCOCCOC(=O)C(C(C)(C)C)CC(C=O)CC(C(=O)O)CC(CC(C)(C)C)C(=O)OCCOCCOCCOCCOC1=O. The van der Waals surface area contributed by atoms with E-state index in [1.807, 2.05) is 83.1 Å². The van der Waals surface area contributed by atoms with Crippen molar-refractivity contribution in [2.45, 2.75) is 134 Å². The zero-order valence-electron chi connectivity index (χ0n) is 48.0. The van der Waals surface area contributed by atoms with Crippen LogP contribution in [-0.2, 0) is 85.7 Å². The quantitative estimate of drug-likeness (QED) is 0.153. The second-order valence-corrected chi connectivity index (χ2v) is 24.4. The van der Waals surface area contributed by atoms with E-state index in [-0.39, 0.29) is 155 Å². The van der Waals surface area contributed by atoms with Crippen LogP contribution in [0.15, 0.2) is 0 Å². The smallest absolute Gasteiger partial charge is 0.309 e. The maximum Gasteiger partial charge on any atom is 0.309 e. The molecular weight excluding hydrogens is 993 g/mol. The van der Waals surface area contributed by atoms with Crippen LogP contribution in [0, 0.1) is 69.0 Å². The number of aldehydes is 2. The molecule has 1 rings (SSSR count). The minimum absolute atomic E-state index is 0.0442. The Morgan fingerprint density at radius 3 is 0.842 bits per heavy atom. The lowest BCUT2D eigenvalue weighted by Crippen LogP contribution is -2.34. The summed E-state index contributed by atoms with van der Waals surface area (Å²) in [4.78, 5) is 104. The van der Waals surface area contributed by atoms with Crippen molar-refractivity contribution in [2.75, 3.05) is 106 Å². The first-order valence-corrected chi connectivity index (χ1v) is 27.0. The molecule has 20 nitrogen and oxygen atoms in total. The van der Waals surface area contributed by atoms with E-state index in [1.165, 1.54) is 0 Å². The van der Waals surface area contributed by atoms with E-state index < -0.39 is 94.0 Å². The number of carbonyl (C=O) groups excluding carboxylic acids is 6. The van der Waals surface area contributed by atoms with Gasteiger partial charge in [0.2, 0.25) is 0 Å². The molecule has 1 aliphatic heterocycles. The average Bonchev–Trinajstić information content (AvgIpc) is 3.30. The number of carbonyl (C=O) groups is 8. The number of rotatable bonds is 6. The van der Waals surface area contributed by atoms with Crippen LogP contribution in [-0.4, -0.2) is 164 Å². The highest BCUT2D eigenvalue weighted by molar-refractivity contribution is 5.77. The van der Waals surface area contributed by atoms with Crippen LogP contribution in [0.2, 0.25) is 0 Å². The van der Waals surface area contributed by atoms with E-state index in [4.69, 9.17) is 47.4 Å². The van der Waals surface area contributed by atoms with E-state index >= 15 is 0 Å². The molecule has 0 aromatic rings. The standard InChI is InChI=1S/C56H96O20/c1-53(2,3)35-43-33-41(47(59)60)29-39(37-57)31-45(55(7,8)9)51(65)75-27-23-71-19-15-68-16-20-72-24-28-76-52(66)46(56(10,11)12)32-40(38-58)30-42(48(61)62)34-44(36-54(4,5)6)50(64)74-26-22-70-18-14-67-13-17-69-21-25-73-49(43)63/h37-46H,13-36H2,1-12H3,(H,59,60)(H,61,62). The molecule has 0 aromatic heterocycles. The van der Waals surface area contributed by atoms with E-state index in [2.05, 4.69) is 0 Å². The second-order valence-electron chi connectivity index (χ2n) is 24.4. The molecule has 0 aliphatic carbocycles. The van der Waals surface area contributed by atoms with E-state index in [0.29, 0.717) is 25.4 Å². The van der Waals surface area contributed by atoms with E-state index in [1.54, 1.807) is 0 Å². The van der Waals surface area contributed by atoms with Crippen molar-refractivity contribution >= 4 is 48.4 Å². The average molecular weight is 1090 g/mol. The fourth-order valence-electron chi connectivity index (χ4n) is 8.97. The summed E-state index contributed by atoms with van der Waals surface area (Å²) in [6.07, 6.45) is 1.75. The Hall–Kier alpha value is -4.08. The van der Waals surface area contributed by atoms with Gasteiger partial charge in [-0.2, -0.15) is 0 Å². The molecule has 0 spiro atoms. The van der Waals surface area contributed by atoms with Gasteiger partial charge in [0, 0.05) is 11.8 Å². The summed E-state index contributed by atoms with van der Waals surface area (Å²) in [6, 6.07) is 0. The molecule has 0 amide bonds. The highest BCUT2D eigenvalue weighted by Crippen LogP contribution is 2.38. The van der Waals surface area contributed by atoms with Crippen molar-refractivity contribution in [1.29, 1.82) is 0 Å². The topological polar surface area (TPSA) is 269 Å². The molecule has 0 radical (unpaired) electrons. The maximum atomic E-state index is 13.4. The molecule has 1 saturated heterocycles. The number of carboxylic acids is 2. The van der Waals surface area contributed by atoms with Crippen LogP contribution in [0.5, 0.6) is 0 Å². The molecule has 0 aromatic carbocycles. The molecule has 440 valence electrons. The van der Waals surface area contributed by atoms with Crippen LogP contribution in [0.1, 0.15) is 134 Å². The first-order chi connectivity index (χ1) is 35.5. The molecule has 76 heavy (non-hydrogen) atoms. The fourth-order valence-corrected chi connectivity index (χ4v) is 8.97. The zero-order valence-corrected chi connectivity index (χ0v) is 48.0. The van der Waals surface area contributed by atoms with Crippen molar-refractivity contribution in [3.8, 4) is 0 Å². The Bertz CT molecular complexity index is 1600. The third-order valence-electron chi connectivity index (χ3n) is 12.9. The summed E-state index contributed by atoms with van der Waals surface area (Å²) >= 11 is 0. The van der Waals surface area contributed by atoms with Gasteiger partial charge in [0.05, 0.1) is 115 Å². The summed E-state index contributed by atoms with van der Waals surface area (Å²) in [5, 5.41) is 20.6. The van der Waals surface area contributed by atoms with Gasteiger partial charge in [0.15, 0.2) is 0 Å².